The molecule has 0 unspecified atom stereocenters. The number of rotatable bonds is 6. The Balaban J connectivity index is 1.46. The molecule has 0 saturated carbocycles. The summed E-state index contributed by atoms with van der Waals surface area (Å²) in [6.07, 6.45) is 6.35. The molecule has 1 aromatic carbocycles. The van der Waals surface area contributed by atoms with Gasteiger partial charge in [-0.3, -0.25) is 9.48 Å². The van der Waals surface area contributed by atoms with Crippen molar-refractivity contribution in [2.45, 2.75) is 19.1 Å². The van der Waals surface area contributed by atoms with Gasteiger partial charge in [-0.25, -0.2) is 14.3 Å². The number of hydrogen-bond donors (Lipinski definition) is 2. The maximum absolute atomic E-state index is 13.3. The molecule has 2 aliphatic heterocycles. The Morgan fingerprint density at radius 1 is 1.27 bits per heavy atom. The summed E-state index contributed by atoms with van der Waals surface area (Å²) in [5.41, 5.74) is 1.38. The molecule has 6 rings (SSSR count). The highest BCUT2D eigenvalue weighted by Gasteiger charge is 2.32. The van der Waals surface area contributed by atoms with E-state index < -0.39 is 24.5 Å². The average molecular weight is 511 g/mol. The van der Waals surface area contributed by atoms with E-state index in [4.69, 9.17) is 14.2 Å². The van der Waals surface area contributed by atoms with Crippen LogP contribution in [-0.4, -0.2) is 62.6 Å². The van der Waals surface area contributed by atoms with Crippen molar-refractivity contribution in [2.75, 3.05) is 30.4 Å². The molecule has 1 fully saturated rings. The second-order valence-corrected chi connectivity index (χ2v) is 8.24. The Labute approximate surface area is 207 Å². The van der Waals surface area contributed by atoms with Crippen LogP contribution in [0.15, 0.2) is 43.0 Å². The molecule has 1 saturated heterocycles. The van der Waals surface area contributed by atoms with Crippen LogP contribution in [0, 0.1) is 0 Å². The molecule has 1 amide bonds. The number of halogens is 2. The maximum Gasteiger partial charge on any atom is 0.387 e. The first kappa shape index (κ1) is 22.7. The Morgan fingerprint density at radius 2 is 2.16 bits per heavy atom. The van der Waals surface area contributed by atoms with Gasteiger partial charge in [0.1, 0.15) is 29.4 Å². The third-order valence-corrected chi connectivity index (χ3v) is 5.96. The van der Waals surface area contributed by atoms with Crippen molar-refractivity contribution in [3.05, 3.63) is 48.5 Å². The molecule has 2 aliphatic rings. The second-order valence-electron chi connectivity index (χ2n) is 8.24. The van der Waals surface area contributed by atoms with Crippen LogP contribution in [-0.2, 0) is 9.53 Å². The highest BCUT2D eigenvalue weighted by Crippen LogP contribution is 2.43. The predicted molar refractivity (Wildman–Crippen MR) is 124 cm³/mol. The Morgan fingerprint density at radius 3 is 2.97 bits per heavy atom. The fourth-order valence-corrected chi connectivity index (χ4v) is 4.29. The van der Waals surface area contributed by atoms with Gasteiger partial charge in [-0.1, -0.05) is 0 Å². The minimum Gasteiger partial charge on any atom is -0.490 e. The van der Waals surface area contributed by atoms with Crippen LogP contribution in [0.1, 0.15) is 22.8 Å². The zero-order valence-corrected chi connectivity index (χ0v) is 19.1. The number of carbonyl (C=O) groups excluding carboxylic acids is 2. The Kier molecular flexibility index (Phi) is 5.54. The fraction of sp³-hybridized carbons (Fsp3) is 0.261. The first-order valence-electron chi connectivity index (χ1n) is 11.3. The number of carbonyl (C=O) groups is 2. The quantitative estimate of drug-likeness (QED) is 0.375. The second kappa shape index (κ2) is 9.04. The summed E-state index contributed by atoms with van der Waals surface area (Å²) < 4.78 is 45.0. The number of nitrogens with zero attached hydrogens (tertiary/aromatic N) is 5. The van der Waals surface area contributed by atoms with Crippen molar-refractivity contribution in [3.63, 3.8) is 0 Å². The van der Waals surface area contributed by atoms with Gasteiger partial charge in [0.2, 0.25) is 0 Å². The van der Waals surface area contributed by atoms with Gasteiger partial charge in [-0.15, -0.1) is 0 Å². The monoisotopic (exact) mass is 511 g/mol. The average Bonchev–Trinajstić information content (AvgIpc) is 3.61. The lowest BCUT2D eigenvalue weighted by Crippen LogP contribution is -2.18. The summed E-state index contributed by atoms with van der Waals surface area (Å²) in [7, 11) is 0. The van der Waals surface area contributed by atoms with E-state index in [-0.39, 0.29) is 34.9 Å². The predicted octanol–water partition coefficient (Wildman–Crippen LogP) is 2.74. The summed E-state index contributed by atoms with van der Waals surface area (Å²) in [6, 6.07) is 3.82. The van der Waals surface area contributed by atoms with Crippen LogP contribution in [0.5, 0.6) is 11.5 Å². The van der Waals surface area contributed by atoms with Crippen LogP contribution >= 0.6 is 0 Å². The number of cyclic esters (lactones) is 1. The summed E-state index contributed by atoms with van der Waals surface area (Å²) in [5, 5.41) is 14.4. The first-order valence-corrected chi connectivity index (χ1v) is 11.3. The molecule has 12 nitrogen and oxygen atoms in total. The molecule has 0 spiro atoms. The van der Waals surface area contributed by atoms with Gasteiger partial charge in [-0.2, -0.15) is 19.0 Å². The first-order chi connectivity index (χ1) is 18.0. The third-order valence-electron chi connectivity index (χ3n) is 5.96. The summed E-state index contributed by atoms with van der Waals surface area (Å²) in [4.78, 5) is 29.7. The van der Waals surface area contributed by atoms with Crippen molar-refractivity contribution in [1.82, 2.24) is 24.4 Å². The smallest absolute Gasteiger partial charge is 0.387 e. The minimum absolute atomic E-state index is 0.102. The Bertz CT molecular complexity index is 1520. The van der Waals surface area contributed by atoms with E-state index in [1.54, 1.807) is 12.3 Å². The third kappa shape index (κ3) is 4.15. The van der Waals surface area contributed by atoms with Gasteiger partial charge in [0.25, 0.3) is 5.91 Å². The number of hydrogen-bond acceptors (Lipinski definition) is 9. The lowest BCUT2D eigenvalue weighted by atomic mass is 10.1. The normalized spacial score (nSPS) is 16.7. The molecular formula is C23H19F2N7O5. The molecule has 0 aliphatic carbocycles. The van der Waals surface area contributed by atoms with E-state index in [2.05, 4.69) is 25.8 Å². The molecule has 190 valence electrons. The number of nitrogens with one attached hydrogen (secondary N) is 2. The zero-order valence-electron chi connectivity index (χ0n) is 19.1. The molecule has 0 radical (unpaired) electrons. The number of aromatic nitrogens is 5. The van der Waals surface area contributed by atoms with E-state index in [0.717, 1.165) is 0 Å². The summed E-state index contributed by atoms with van der Waals surface area (Å²) in [6.45, 7) is -2.04. The van der Waals surface area contributed by atoms with E-state index >= 15 is 0 Å². The zero-order chi connectivity index (χ0) is 25.5. The SMILES string of the molecule is O=C(Nc1cn([C@H]2CCOC2=O)nc1-c1cc2c(cc1OC(F)F)NCCO2)c1cnn2cccnc12. The van der Waals surface area contributed by atoms with Crippen LogP contribution in [0.25, 0.3) is 16.9 Å². The van der Waals surface area contributed by atoms with Crippen LogP contribution in [0.3, 0.4) is 0 Å². The number of benzene rings is 1. The van der Waals surface area contributed by atoms with Gasteiger partial charge >= 0.3 is 12.6 Å². The van der Waals surface area contributed by atoms with E-state index in [0.29, 0.717) is 36.7 Å². The molecule has 5 heterocycles. The van der Waals surface area contributed by atoms with Crippen molar-refractivity contribution in [2.24, 2.45) is 0 Å². The van der Waals surface area contributed by atoms with Crippen molar-refractivity contribution in [1.29, 1.82) is 0 Å². The minimum atomic E-state index is -3.11. The van der Waals surface area contributed by atoms with Crippen molar-refractivity contribution >= 4 is 28.9 Å². The lowest BCUT2D eigenvalue weighted by Gasteiger charge is -2.21. The topological polar surface area (TPSA) is 134 Å². The molecule has 0 bridgehead atoms. The number of fused-ring (bicyclic) bond motifs is 2. The Hall–Kier alpha value is -4.75. The number of esters is 1. The number of anilines is 2. The van der Waals surface area contributed by atoms with E-state index in [9.17, 15) is 18.4 Å². The molecule has 4 aromatic rings. The molecule has 14 heteroatoms. The summed E-state index contributed by atoms with van der Waals surface area (Å²) >= 11 is 0. The lowest BCUT2D eigenvalue weighted by molar-refractivity contribution is -0.140. The van der Waals surface area contributed by atoms with Gasteiger partial charge in [0.05, 0.1) is 35.9 Å². The van der Waals surface area contributed by atoms with E-state index in [1.165, 1.54) is 39.9 Å². The summed E-state index contributed by atoms with van der Waals surface area (Å²) in [5.74, 6) is -0.822. The van der Waals surface area contributed by atoms with E-state index in [1.807, 2.05) is 0 Å². The largest absolute Gasteiger partial charge is 0.490 e. The standard InChI is InChI=1S/C23H19F2N7O5/c24-23(25)37-17-9-14-18(35-7-4-26-14)8-12(17)19-15(11-32(30-19)16-2-6-36-22(16)34)29-21(33)13-10-28-31-5-1-3-27-20(13)31/h1,3,5,8-11,16,23,26H,2,4,6-7H2,(H,29,33)/t16-/m0/s1. The molecular weight excluding hydrogens is 492 g/mol. The molecule has 37 heavy (non-hydrogen) atoms. The number of alkyl halides is 2. The van der Waals surface area contributed by atoms with Gasteiger partial charge in [-0.05, 0) is 12.1 Å². The number of ether oxygens (including phenoxy) is 3. The highest BCUT2D eigenvalue weighted by atomic mass is 19.3. The van der Waals surface area contributed by atoms with Gasteiger partial charge < -0.3 is 24.8 Å². The van der Waals surface area contributed by atoms with Crippen LogP contribution in [0.2, 0.25) is 0 Å². The van der Waals surface area contributed by atoms with Gasteiger partial charge in [0, 0.05) is 31.4 Å². The molecule has 3 aromatic heterocycles. The van der Waals surface area contributed by atoms with Gasteiger partial charge in [0.15, 0.2) is 11.7 Å². The fourth-order valence-electron chi connectivity index (χ4n) is 4.29. The molecule has 1 atom stereocenters. The van der Waals surface area contributed by atoms with Crippen molar-refractivity contribution < 1.29 is 32.6 Å². The van der Waals surface area contributed by atoms with Crippen LogP contribution in [0.4, 0.5) is 20.2 Å². The molecule has 2 N–H and O–H groups in total. The highest BCUT2D eigenvalue weighted by molar-refractivity contribution is 6.09. The van der Waals surface area contributed by atoms with Crippen LogP contribution < -0.4 is 20.1 Å². The number of amides is 1. The maximum atomic E-state index is 13.3. The van der Waals surface area contributed by atoms with Crippen molar-refractivity contribution in [3.8, 4) is 22.8 Å².